The SMILES string of the molecule is CC(=O)c1nn(CC(=O)N(C)[C@@H](C)C(=O)Nc2nc(Br)ccc2C)c2cc3c(cc12)-c1cnc(C)nc1CCC3.CC(=O)c1nn(CC(=O)NCC(=O)Nc2nc(Br)ccc2C)c2cc3c(cc12)-c1cnc(C)nc1CCC3.CC(=O)c1nn(CC(=O)N[C@@H](C)C(=O)Nc2nc(Br)ccc2C)c2cc3c(cc12)-c1cnc(C)nc1CCC3. The summed E-state index contributed by atoms with van der Waals surface area (Å²) in [6, 6.07) is 21.2. The van der Waals surface area contributed by atoms with Crippen LogP contribution in [-0.2, 0) is 86.9 Å². The minimum absolute atomic E-state index is 0.121. The quantitative estimate of drug-likeness (QED) is 0.0393. The van der Waals surface area contributed by atoms with E-state index in [-0.39, 0.29) is 55.3 Å². The summed E-state index contributed by atoms with van der Waals surface area (Å²) in [5.41, 5.74) is 17.5. The van der Waals surface area contributed by atoms with Crippen LogP contribution in [0.25, 0.3) is 66.1 Å². The summed E-state index contributed by atoms with van der Waals surface area (Å²) in [4.78, 5) is 156. The Bertz CT molecular complexity index is 6090. The second kappa shape index (κ2) is 35.2. The van der Waals surface area contributed by atoms with E-state index in [1.165, 1.54) is 35.0 Å². The van der Waals surface area contributed by atoms with Gasteiger partial charge in [0.2, 0.25) is 35.4 Å². The van der Waals surface area contributed by atoms with E-state index in [1.54, 1.807) is 43.8 Å². The number of nitrogens with one attached hydrogen (secondary N) is 5. The molecule has 0 aliphatic heterocycles. The van der Waals surface area contributed by atoms with E-state index < -0.39 is 35.7 Å². The second-order valence-electron chi connectivity index (χ2n) is 29.3. The first-order valence-electron chi connectivity index (χ1n) is 38.1. The number of amides is 6. The predicted octanol–water partition coefficient (Wildman–Crippen LogP) is 12.3. The summed E-state index contributed by atoms with van der Waals surface area (Å²) in [7, 11) is 1.58. The largest absolute Gasteiger partial charge is 0.345 e. The van der Waals surface area contributed by atoms with E-state index in [1.807, 2.05) is 115 Å². The molecule has 0 bridgehead atoms. The van der Waals surface area contributed by atoms with Gasteiger partial charge in [-0.05, 0) is 266 Å². The molecule has 6 amide bonds. The molecular formula is C84H84Br3N21O9. The number of hydrogen-bond acceptors (Lipinski definition) is 21. The van der Waals surface area contributed by atoms with Crippen LogP contribution in [0.5, 0.6) is 0 Å². The molecule has 9 heterocycles. The molecule has 0 radical (unpaired) electrons. The van der Waals surface area contributed by atoms with Crippen molar-refractivity contribution in [2.75, 3.05) is 29.5 Å². The molecule has 0 unspecified atom stereocenters. The summed E-state index contributed by atoms with van der Waals surface area (Å²) >= 11 is 9.90. The molecule has 0 spiro atoms. The van der Waals surface area contributed by atoms with E-state index in [4.69, 9.17) is 0 Å². The molecule has 33 heteroatoms. The lowest BCUT2D eigenvalue weighted by Crippen LogP contribution is -2.44. The molecule has 117 heavy (non-hydrogen) atoms. The van der Waals surface area contributed by atoms with E-state index >= 15 is 0 Å². The normalized spacial score (nSPS) is 13.0. The summed E-state index contributed by atoms with van der Waals surface area (Å²) < 4.78 is 6.41. The van der Waals surface area contributed by atoms with Gasteiger partial charge in [0.05, 0.1) is 40.2 Å². The molecule has 3 aliphatic carbocycles. The van der Waals surface area contributed by atoms with Crippen LogP contribution >= 0.6 is 47.8 Å². The van der Waals surface area contributed by atoms with E-state index in [2.05, 4.69) is 135 Å². The smallest absolute Gasteiger partial charge is 0.248 e. The minimum atomic E-state index is -0.817. The molecule has 5 N–H and O–H groups in total. The molecule has 3 aliphatic rings. The molecular weight excluding hydrogens is 1690 g/mol. The van der Waals surface area contributed by atoms with Gasteiger partial charge in [-0.25, -0.2) is 44.9 Å². The monoisotopic (exact) mass is 1770 g/mol. The number of hydrogen-bond donors (Lipinski definition) is 5. The lowest BCUT2D eigenvalue weighted by atomic mass is 9.97. The Morgan fingerprint density at radius 2 is 0.778 bits per heavy atom. The first-order valence-corrected chi connectivity index (χ1v) is 40.5. The lowest BCUT2D eigenvalue weighted by molar-refractivity contribution is -0.137. The highest BCUT2D eigenvalue weighted by Gasteiger charge is 2.30. The molecule has 0 fully saturated rings. The van der Waals surface area contributed by atoms with Crippen molar-refractivity contribution in [3.63, 3.8) is 0 Å². The van der Waals surface area contributed by atoms with Gasteiger partial charge in [-0.3, -0.25) is 57.2 Å². The van der Waals surface area contributed by atoms with Gasteiger partial charge < -0.3 is 31.5 Å². The van der Waals surface area contributed by atoms with Gasteiger partial charge in [-0.15, -0.1) is 0 Å². The number of benzene rings is 3. The van der Waals surface area contributed by atoms with Crippen LogP contribution in [-0.4, -0.2) is 158 Å². The number of carbonyl (C=O) groups excluding carboxylic acids is 9. The van der Waals surface area contributed by atoms with Crippen molar-refractivity contribution < 1.29 is 43.2 Å². The van der Waals surface area contributed by atoms with Crippen molar-refractivity contribution in [3.8, 4) is 33.4 Å². The Kier molecular flexibility index (Phi) is 25.0. The van der Waals surface area contributed by atoms with E-state index in [9.17, 15) is 43.2 Å². The highest BCUT2D eigenvalue weighted by molar-refractivity contribution is 9.11. The second-order valence-corrected chi connectivity index (χ2v) is 31.8. The van der Waals surface area contributed by atoms with Crippen LogP contribution in [0.1, 0.15) is 153 Å². The highest BCUT2D eigenvalue weighted by atomic mass is 79.9. The number of aromatic nitrogens is 15. The van der Waals surface area contributed by atoms with Gasteiger partial charge in [-0.1, -0.05) is 18.2 Å². The van der Waals surface area contributed by atoms with Gasteiger partial charge in [0.25, 0.3) is 0 Å². The fourth-order valence-electron chi connectivity index (χ4n) is 14.4. The average molecular weight is 1770 g/mol. The third kappa shape index (κ3) is 18.6. The zero-order valence-corrected chi connectivity index (χ0v) is 71.2. The number of Topliss-reactive ketones (excluding diaryl/α,β-unsaturated/α-hetero) is 3. The number of ketones is 3. The average Bonchev–Trinajstić information content (AvgIpc) is 1.71. The zero-order chi connectivity index (χ0) is 83.5. The van der Waals surface area contributed by atoms with Crippen LogP contribution in [0.15, 0.2) is 105 Å². The number of halogens is 3. The first kappa shape index (κ1) is 83.0. The molecule has 2 atom stereocenters. The Morgan fingerprint density at radius 1 is 0.427 bits per heavy atom. The minimum Gasteiger partial charge on any atom is -0.345 e. The number of likely N-dealkylation sites (N-methyl/N-ethyl adjacent to an activating group) is 1. The Balaban J connectivity index is 0.000000152. The maximum Gasteiger partial charge on any atom is 0.248 e. The summed E-state index contributed by atoms with van der Waals surface area (Å²) in [5.74, 6) is 0.604. The fraction of sp³-hybridized carbons (Fsp3) is 0.321. The first-order chi connectivity index (χ1) is 55.8. The number of fused-ring (bicyclic) bond motifs is 12. The number of pyridine rings is 3. The fourth-order valence-corrected chi connectivity index (χ4v) is 15.4. The van der Waals surface area contributed by atoms with Crippen LogP contribution < -0.4 is 26.6 Å². The number of rotatable bonds is 18. The highest BCUT2D eigenvalue weighted by Crippen LogP contribution is 2.40. The third-order valence-electron chi connectivity index (χ3n) is 20.7. The molecule has 9 aromatic heterocycles. The van der Waals surface area contributed by atoms with Crippen molar-refractivity contribution in [1.29, 1.82) is 0 Å². The molecule has 3 aromatic carbocycles. The van der Waals surface area contributed by atoms with Crippen LogP contribution in [0.3, 0.4) is 0 Å². The summed E-state index contributed by atoms with van der Waals surface area (Å²) in [6.07, 6.45) is 13.3. The molecule has 12 aromatic rings. The topological polar surface area (TPSA) is 386 Å². The van der Waals surface area contributed by atoms with Crippen LogP contribution in [0, 0.1) is 41.5 Å². The standard InChI is InChI=1S/C29H30BrN7O3.C28H28BrN7O3.C27H26BrN7O3/c1-15-9-10-25(30)33-28(15)34-29(40)16(2)36(5)26(39)14-37-24-11-19-7-6-8-23-22(13-31-18(4)32-23)20(19)12-21(24)27(35-37)17(3)38;1-14-8-9-24(29)33-27(14)34-28(39)15(2)31-25(38)13-36-23-10-18-6-5-7-22-21(12-30-17(4)32-22)19(18)11-20(23)26(35-36)16(3)37;1-14-7-8-23(28)32-27(14)33-24(37)12-30-25(38)13-35-22-9-17-5-4-6-21-20(11-29-16(3)31-21)18(17)10-19(22)26(34-35)15(2)36/h9-13,16H,6-8,14H2,1-5H3,(H,33,34,40);8-12,15H,5-7,13H2,1-4H3,(H,31,38)(H,33,34,39);7-11H,4-6,12-13H2,1-3H3,(H,30,38)(H,32,33,37)/t16-;15-;/m00./s1. The number of aryl methyl sites for hydroxylation is 12. The van der Waals surface area contributed by atoms with Gasteiger partial charge in [-0.2, -0.15) is 15.3 Å². The predicted molar refractivity (Wildman–Crippen MR) is 451 cm³/mol. The van der Waals surface area contributed by atoms with Crippen molar-refractivity contribution >= 4 is 151 Å². The Morgan fingerprint density at radius 3 is 1.15 bits per heavy atom. The molecule has 30 nitrogen and oxygen atoms in total. The van der Waals surface area contributed by atoms with Crippen LogP contribution in [0.2, 0.25) is 0 Å². The third-order valence-corrected chi connectivity index (χ3v) is 22.0. The van der Waals surface area contributed by atoms with Gasteiger partial charge in [0.15, 0.2) is 17.3 Å². The number of carbonyl (C=O) groups is 9. The van der Waals surface area contributed by atoms with Gasteiger partial charge in [0, 0.05) is 79.3 Å². The maximum atomic E-state index is 13.4. The molecule has 0 saturated heterocycles. The lowest BCUT2D eigenvalue weighted by Gasteiger charge is -2.24. The van der Waals surface area contributed by atoms with E-state index in [0.717, 1.165) is 159 Å². The zero-order valence-electron chi connectivity index (χ0n) is 66.5. The molecule has 600 valence electrons. The van der Waals surface area contributed by atoms with Crippen LogP contribution in [0.4, 0.5) is 17.5 Å². The van der Waals surface area contributed by atoms with Crippen molar-refractivity contribution in [2.24, 2.45) is 0 Å². The van der Waals surface area contributed by atoms with Gasteiger partial charge in [0.1, 0.15) is 97.5 Å². The van der Waals surface area contributed by atoms with E-state index in [0.29, 0.717) is 81.1 Å². The van der Waals surface area contributed by atoms with Crippen molar-refractivity contribution in [3.05, 3.63) is 190 Å². The van der Waals surface area contributed by atoms with Crippen molar-refractivity contribution in [1.82, 2.24) is 89.7 Å². The summed E-state index contributed by atoms with van der Waals surface area (Å²) in [5, 5.41) is 29.1. The number of anilines is 3. The summed E-state index contributed by atoms with van der Waals surface area (Å²) in [6.45, 7) is 18.2. The maximum absolute atomic E-state index is 13.4. The number of nitrogens with zero attached hydrogens (tertiary/aromatic N) is 16. The van der Waals surface area contributed by atoms with Crippen molar-refractivity contribution in [2.45, 2.75) is 166 Å². The Hall–Kier alpha value is -12.0. The Labute approximate surface area is 697 Å². The van der Waals surface area contributed by atoms with Gasteiger partial charge >= 0.3 is 0 Å². The molecule has 0 saturated carbocycles. The molecule has 15 rings (SSSR count).